The summed E-state index contributed by atoms with van der Waals surface area (Å²) in [5.41, 5.74) is 3.06. The van der Waals surface area contributed by atoms with Gasteiger partial charge in [0.2, 0.25) is 0 Å². The number of halogens is 1. The topological polar surface area (TPSA) is 62.6 Å². The van der Waals surface area contributed by atoms with Crippen molar-refractivity contribution in [3.8, 4) is 0 Å². The van der Waals surface area contributed by atoms with Crippen LogP contribution in [0.2, 0.25) is 5.02 Å². The smallest absolute Gasteiger partial charge is 0.287 e. The van der Waals surface area contributed by atoms with E-state index in [1.54, 1.807) is 6.07 Å². The maximum absolute atomic E-state index is 12.9. The molecule has 30 heavy (non-hydrogen) atoms. The minimum Gasteiger partial charge on any atom is -0.450 e. The Morgan fingerprint density at radius 3 is 2.63 bits per heavy atom. The van der Waals surface area contributed by atoms with Crippen molar-refractivity contribution in [3.05, 3.63) is 80.2 Å². The van der Waals surface area contributed by atoms with Gasteiger partial charge in [-0.1, -0.05) is 35.9 Å². The fourth-order valence-corrected chi connectivity index (χ4v) is 4.49. The molecule has 1 saturated heterocycles. The summed E-state index contributed by atoms with van der Waals surface area (Å²) in [4.78, 5) is 27.8. The Morgan fingerprint density at radius 2 is 1.90 bits per heavy atom. The van der Waals surface area contributed by atoms with E-state index in [0.717, 1.165) is 42.6 Å². The van der Waals surface area contributed by atoms with E-state index in [2.05, 4.69) is 10.2 Å². The Morgan fingerprint density at radius 1 is 1.17 bits per heavy atom. The minimum atomic E-state index is -0.398. The van der Waals surface area contributed by atoms with Crippen molar-refractivity contribution in [2.45, 2.75) is 32.7 Å². The molecule has 1 fully saturated rings. The number of amides is 1. The molecule has 156 valence electrons. The van der Waals surface area contributed by atoms with Crippen molar-refractivity contribution in [1.29, 1.82) is 0 Å². The van der Waals surface area contributed by atoms with Crippen molar-refractivity contribution in [2.75, 3.05) is 19.6 Å². The number of carbonyl (C=O) groups excluding carboxylic acids is 1. The molecule has 5 nitrogen and oxygen atoms in total. The van der Waals surface area contributed by atoms with Gasteiger partial charge in [-0.3, -0.25) is 14.5 Å². The summed E-state index contributed by atoms with van der Waals surface area (Å²) in [7, 11) is 0. The fraction of sp³-hybridized carbons (Fsp3) is 0.333. The van der Waals surface area contributed by atoms with Crippen molar-refractivity contribution < 1.29 is 9.21 Å². The van der Waals surface area contributed by atoms with Crippen molar-refractivity contribution in [3.63, 3.8) is 0 Å². The normalized spacial score (nSPS) is 15.4. The average Bonchev–Trinajstić information content (AvgIpc) is 3.24. The molecule has 0 saturated carbocycles. The van der Waals surface area contributed by atoms with Gasteiger partial charge in [0.05, 0.1) is 11.4 Å². The summed E-state index contributed by atoms with van der Waals surface area (Å²) in [6, 6.07) is 12.7. The number of fused-ring (bicyclic) bond motifs is 1. The van der Waals surface area contributed by atoms with Crippen LogP contribution in [0, 0.1) is 13.8 Å². The molecule has 1 aromatic heterocycles. The maximum Gasteiger partial charge on any atom is 0.287 e. The summed E-state index contributed by atoms with van der Waals surface area (Å²) < 4.78 is 5.83. The Hall–Kier alpha value is -2.63. The number of aryl methyl sites for hydroxylation is 2. The third-order valence-electron chi connectivity index (χ3n) is 5.68. The maximum atomic E-state index is 12.9. The number of likely N-dealkylation sites (tertiary alicyclic amines) is 1. The molecule has 4 rings (SSSR count). The number of nitrogens with one attached hydrogen (secondary N) is 1. The van der Waals surface area contributed by atoms with Crippen molar-refractivity contribution in [2.24, 2.45) is 0 Å². The molecule has 2 heterocycles. The second-order valence-electron chi connectivity index (χ2n) is 7.92. The van der Waals surface area contributed by atoms with Gasteiger partial charge in [-0.2, -0.15) is 0 Å². The van der Waals surface area contributed by atoms with Crippen LogP contribution in [0.1, 0.15) is 46.1 Å². The van der Waals surface area contributed by atoms with E-state index < -0.39 is 5.91 Å². The highest BCUT2D eigenvalue weighted by Crippen LogP contribution is 2.30. The van der Waals surface area contributed by atoms with Gasteiger partial charge in [-0.25, -0.2) is 0 Å². The quantitative estimate of drug-likeness (QED) is 0.648. The van der Waals surface area contributed by atoms with Crippen LogP contribution in [0.5, 0.6) is 0 Å². The van der Waals surface area contributed by atoms with Gasteiger partial charge in [0.1, 0.15) is 5.58 Å². The molecule has 0 unspecified atom stereocenters. The van der Waals surface area contributed by atoms with Crippen LogP contribution in [0.3, 0.4) is 0 Å². The SMILES string of the molecule is Cc1cc(C)c2oc(C(=O)NC[C@@H](c3ccccc3Cl)N3CCCC3)cc(=O)c2c1. The predicted molar refractivity (Wildman–Crippen MR) is 119 cm³/mol. The van der Waals surface area contributed by atoms with Gasteiger partial charge in [-0.15, -0.1) is 0 Å². The van der Waals surface area contributed by atoms with E-state index in [-0.39, 0.29) is 17.2 Å². The lowest BCUT2D eigenvalue weighted by Gasteiger charge is -2.28. The molecule has 3 aromatic rings. The molecule has 0 bridgehead atoms. The third kappa shape index (κ3) is 4.13. The molecule has 1 N–H and O–H groups in total. The first-order valence-electron chi connectivity index (χ1n) is 10.3. The van der Waals surface area contributed by atoms with Gasteiger partial charge in [0.25, 0.3) is 5.91 Å². The summed E-state index contributed by atoms with van der Waals surface area (Å²) >= 11 is 6.45. The first kappa shape index (κ1) is 20.6. The van der Waals surface area contributed by atoms with E-state index in [4.69, 9.17) is 16.0 Å². The Kier molecular flexibility index (Phi) is 5.93. The lowest BCUT2D eigenvalue weighted by Crippen LogP contribution is -2.37. The number of nitrogens with zero attached hydrogens (tertiary/aromatic N) is 1. The van der Waals surface area contributed by atoms with Gasteiger partial charge < -0.3 is 9.73 Å². The number of carbonyl (C=O) groups is 1. The van der Waals surface area contributed by atoms with Gasteiger partial charge in [0, 0.05) is 17.6 Å². The van der Waals surface area contributed by atoms with Crippen LogP contribution in [-0.4, -0.2) is 30.4 Å². The highest BCUT2D eigenvalue weighted by molar-refractivity contribution is 6.31. The first-order chi connectivity index (χ1) is 14.4. The summed E-state index contributed by atoms with van der Waals surface area (Å²) in [6.45, 7) is 6.13. The van der Waals surface area contributed by atoms with Crippen LogP contribution in [0.4, 0.5) is 0 Å². The zero-order valence-electron chi connectivity index (χ0n) is 17.2. The Bertz CT molecular complexity index is 1150. The van der Waals surface area contributed by atoms with E-state index in [0.29, 0.717) is 22.5 Å². The first-order valence-corrected chi connectivity index (χ1v) is 10.6. The van der Waals surface area contributed by atoms with Gasteiger partial charge in [0.15, 0.2) is 11.2 Å². The largest absolute Gasteiger partial charge is 0.450 e. The van der Waals surface area contributed by atoms with Crippen LogP contribution < -0.4 is 10.7 Å². The Labute approximate surface area is 180 Å². The molecule has 6 heteroatoms. The number of hydrogen-bond acceptors (Lipinski definition) is 4. The number of benzene rings is 2. The molecule has 0 spiro atoms. The molecule has 1 amide bonds. The van der Waals surface area contributed by atoms with Crippen molar-refractivity contribution in [1.82, 2.24) is 10.2 Å². The third-order valence-corrected chi connectivity index (χ3v) is 6.03. The molecular formula is C24H25ClN2O3. The zero-order valence-corrected chi connectivity index (χ0v) is 18.0. The molecule has 1 aliphatic heterocycles. The van der Waals surface area contributed by atoms with E-state index in [1.165, 1.54) is 6.07 Å². The summed E-state index contributed by atoms with van der Waals surface area (Å²) in [5, 5.41) is 4.13. The number of rotatable bonds is 5. The van der Waals surface area contributed by atoms with Crippen LogP contribution in [0.25, 0.3) is 11.0 Å². The molecule has 1 aliphatic rings. The highest BCUT2D eigenvalue weighted by atomic mass is 35.5. The number of hydrogen-bond donors (Lipinski definition) is 1. The monoisotopic (exact) mass is 424 g/mol. The lowest BCUT2D eigenvalue weighted by molar-refractivity contribution is 0.0910. The highest BCUT2D eigenvalue weighted by Gasteiger charge is 2.26. The summed E-state index contributed by atoms with van der Waals surface area (Å²) in [6.07, 6.45) is 2.26. The van der Waals surface area contributed by atoms with E-state index >= 15 is 0 Å². The molecule has 0 radical (unpaired) electrons. The second-order valence-corrected chi connectivity index (χ2v) is 8.33. The van der Waals surface area contributed by atoms with E-state index in [9.17, 15) is 9.59 Å². The van der Waals surface area contributed by atoms with E-state index in [1.807, 2.05) is 44.2 Å². The standard InChI is InChI=1S/C24H25ClN2O3/c1-15-11-16(2)23-18(12-15)21(28)13-22(30-23)24(29)26-14-20(27-9-5-6-10-27)17-7-3-4-8-19(17)25/h3-4,7-8,11-13,20H,5-6,9-10,14H2,1-2H3,(H,26,29)/t20-/m0/s1. The van der Waals surface area contributed by atoms with Crippen molar-refractivity contribution >= 4 is 28.5 Å². The molecular weight excluding hydrogens is 400 g/mol. The van der Waals surface area contributed by atoms with Gasteiger partial charge in [-0.05, 0) is 68.6 Å². The molecule has 0 aliphatic carbocycles. The van der Waals surface area contributed by atoms with Crippen LogP contribution >= 0.6 is 11.6 Å². The fourth-order valence-electron chi connectivity index (χ4n) is 4.23. The molecule has 2 aromatic carbocycles. The molecule has 1 atom stereocenters. The lowest BCUT2D eigenvalue weighted by atomic mass is 10.1. The van der Waals surface area contributed by atoms with Crippen LogP contribution in [0.15, 0.2) is 51.7 Å². The summed E-state index contributed by atoms with van der Waals surface area (Å²) in [5.74, 6) is -0.371. The Balaban J connectivity index is 1.59. The second kappa shape index (κ2) is 8.62. The average molecular weight is 425 g/mol. The zero-order chi connectivity index (χ0) is 21.3. The minimum absolute atomic E-state index is 0.0262. The predicted octanol–water partition coefficient (Wildman–Crippen LogP) is 4.63. The van der Waals surface area contributed by atoms with Crippen LogP contribution in [-0.2, 0) is 0 Å². The van der Waals surface area contributed by atoms with Gasteiger partial charge >= 0.3 is 0 Å².